The normalized spacial score (nSPS) is 18.3. The highest BCUT2D eigenvalue weighted by atomic mass is 16.6. The maximum atomic E-state index is 5.14. The third-order valence-corrected chi connectivity index (χ3v) is 3.93. The van der Waals surface area contributed by atoms with Gasteiger partial charge in [-0.1, -0.05) is 89.7 Å². The van der Waals surface area contributed by atoms with Gasteiger partial charge < -0.3 is 4.74 Å². The zero-order valence-corrected chi connectivity index (χ0v) is 13.0. The first-order valence-corrected chi connectivity index (χ1v) is 8.71. The van der Waals surface area contributed by atoms with E-state index in [1.807, 2.05) is 0 Å². The van der Waals surface area contributed by atoms with Crippen molar-refractivity contribution in [3.63, 3.8) is 0 Å². The Morgan fingerprint density at radius 2 is 1.26 bits per heavy atom. The van der Waals surface area contributed by atoms with E-state index >= 15 is 0 Å². The van der Waals surface area contributed by atoms with Crippen molar-refractivity contribution in [1.82, 2.24) is 0 Å². The summed E-state index contributed by atoms with van der Waals surface area (Å²) in [6.07, 6.45) is 23.5. The predicted octanol–water partition coefficient (Wildman–Crippen LogP) is 6.03. The number of allylic oxidation sites excluding steroid dienone is 1. The summed E-state index contributed by atoms with van der Waals surface area (Å²) in [5.41, 5.74) is 0. The van der Waals surface area contributed by atoms with Crippen molar-refractivity contribution in [3.8, 4) is 0 Å². The summed E-state index contributed by atoms with van der Waals surface area (Å²) in [5.74, 6) is 0. The Balaban J connectivity index is 1.64. The summed E-state index contributed by atoms with van der Waals surface area (Å²) in [6.45, 7) is 3.24. The van der Waals surface area contributed by atoms with Crippen molar-refractivity contribution < 1.29 is 4.74 Å². The van der Waals surface area contributed by atoms with Crippen LogP contribution in [-0.4, -0.2) is 12.7 Å². The predicted molar refractivity (Wildman–Crippen MR) is 84.6 cm³/mol. The van der Waals surface area contributed by atoms with Gasteiger partial charge in [0.05, 0.1) is 12.7 Å². The molecule has 1 fully saturated rings. The molecule has 0 bridgehead atoms. The van der Waals surface area contributed by atoms with Crippen LogP contribution in [0.25, 0.3) is 0 Å². The molecule has 1 heteroatoms. The molecule has 1 heterocycles. The fourth-order valence-electron chi connectivity index (χ4n) is 2.52. The highest BCUT2D eigenvalue weighted by Crippen LogP contribution is 2.13. The van der Waals surface area contributed by atoms with Crippen LogP contribution in [0, 0.1) is 0 Å². The monoisotopic (exact) mass is 266 g/mol. The van der Waals surface area contributed by atoms with E-state index in [9.17, 15) is 0 Å². The van der Waals surface area contributed by atoms with Crippen LogP contribution in [0.15, 0.2) is 12.2 Å². The Labute approximate surface area is 120 Å². The van der Waals surface area contributed by atoms with Gasteiger partial charge >= 0.3 is 0 Å². The molecule has 0 aromatic heterocycles. The second-order valence-electron chi connectivity index (χ2n) is 5.98. The fraction of sp³-hybridized carbons (Fsp3) is 0.889. The number of hydrogen-bond donors (Lipinski definition) is 0. The highest BCUT2D eigenvalue weighted by Gasteiger charge is 2.17. The van der Waals surface area contributed by atoms with E-state index < -0.39 is 0 Å². The van der Waals surface area contributed by atoms with Gasteiger partial charge in [-0.3, -0.25) is 0 Å². The van der Waals surface area contributed by atoms with E-state index in [1.165, 1.54) is 83.5 Å². The molecule has 0 aliphatic carbocycles. The lowest BCUT2D eigenvalue weighted by Gasteiger charge is -2.02. The Kier molecular flexibility index (Phi) is 11.2. The number of epoxide rings is 1. The first-order valence-electron chi connectivity index (χ1n) is 8.71. The molecule has 1 nitrogen and oxygen atoms in total. The smallest absolute Gasteiger partial charge is 0.0991 e. The number of unbranched alkanes of at least 4 members (excludes halogenated alkanes) is 12. The second-order valence-corrected chi connectivity index (χ2v) is 5.98. The van der Waals surface area contributed by atoms with Gasteiger partial charge in [-0.25, -0.2) is 0 Å². The molecule has 0 amide bonds. The molecule has 0 aromatic rings. The highest BCUT2D eigenvalue weighted by molar-refractivity contribution is 4.95. The van der Waals surface area contributed by atoms with E-state index in [0.717, 1.165) is 6.61 Å². The molecule has 1 rings (SSSR count). The molecular weight excluding hydrogens is 232 g/mol. The average Bonchev–Trinajstić information content (AvgIpc) is 3.23. The molecule has 0 spiro atoms. The summed E-state index contributed by atoms with van der Waals surface area (Å²) >= 11 is 0. The molecule has 0 N–H and O–H groups in total. The largest absolute Gasteiger partial charge is 0.369 e. The van der Waals surface area contributed by atoms with E-state index in [0.29, 0.717) is 6.10 Å². The molecule has 1 atom stereocenters. The zero-order chi connectivity index (χ0) is 13.6. The maximum absolute atomic E-state index is 5.14. The zero-order valence-electron chi connectivity index (χ0n) is 13.0. The second kappa shape index (κ2) is 12.7. The fourth-order valence-corrected chi connectivity index (χ4v) is 2.52. The molecule has 1 unspecified atom stereocenters. The first kappa shape index (κ1) is 16.8. The summed E-state index contributed by atoms with van der Waals surface area (Å²) in [7, 11) is 0. The molecule has 1 aliphatic heterocycles. The number of rotatable bonds is 14. The van der Waals surface area contributed by atoms with Crippen molar-refractivity contribution in [3.05, 3.63) is 12.2 Å². The minimum atomic E-state index is 0.470. The third-order valence-electron chi connectivity index (χ3n) is 3.93. The van der Waals surface area contributed by atoms with Gasteiger partial charge in [0.2, 0.25) is 0 Å². The van der Waals surface area contributed by atoms with Crippen LogP contribution >= 0.6 is 0 Å². The molecule has 0 saturated carbocycles. The Bertz CT molecular complexity index is 206. The maximum Gasteiger partial charge on any atom is 0.0991 e. The van der Waals surface area contributed by atoms with Gasteiger partial charge in [0.15, 0.2) is 0 Å². The van der Waals surface area contributed by atoms with Gasteiger partial charge in [0.25, 0.3) is 0 Å². The van der Waals surface area contributed by atoms with Gasteiger partial charge in [0, 0.05) is 0 Å². The molecule has 1 aliphatic rings. The van der Waals surface area contributed by atoms with Gasteiger partial charge in [-0.15, -0.1) is 0 Å². The summed E-state index contributed by atoms with van der Waals surface area (Å²) in [6, 6.07) is 0. The third kappa shape index (κ3) is 12.5. The van der Waals surface area contributed by atoms with Crippen LogP contribution in [0.5, 0.6) is 0 Å². The minimum Gasteiger partial charge on any atom is -0.369 e. The van der Waals surface area contributed by atoms with Crippen LogP contribution in [0.3, 0.4) is 0 Å². The molecular formula is C18H34O. The van der Waals surface area contributed by atoms with E-state index in [2.05, 4.69) is 19.1 Å². The van der Waals surface area contributed by atoms with Crippen LogP contribution in [0.4, 0.5) is 0 Å². The molecule has 112 valence electrons. The lowest BCUT2D eigenvalue weighted by molar-refractivity contribution is 0.439. The Morgan fingerprint density at radius 3 is 1.74 bits per heavy atom. The van der Waals surface area contributed by atoms with Crippen LogP contribution in [0.2, 0.25) is 0 Å². The summed E-state index contributed by atoms with van der Waals surface area (Å²) in [4.78, 5) is 0. The number of ether oxygens (including phenoxy) is 1. The van der Waals surface area contributed by atoms with E-state index in [-0.39, 0.29) is 0 Å². The Morgan fingerprint density at radius 1 is 0.789 bits per heavy atom. The molecule has 0 radical (unpaired) electrons. The van der Waals surface area contributed by atoms with E-state index in [1.54, 1.807) is 0 Å². The van der Waals surface area contributed by atoms with Crippen molar-refractivity contribution in [2.75, 3.05) is 6.61 Å². The molecule has 0 aromatic carbocycles. The van der Waals surface area contributed by atoms with Crippen molar-refractivity contribution in [2.45, 2.75) is 96.5 Å². The topological polar surface area (TPSA) is 12.5 Å². The summed E-state index contributed by atoms with van der Waals surface area (Å²) < 4.78 is 5.14. The van der Waals surface area contributed by atoms with Gasteiger partial charge in [0.1, 0.15) is 0 Å². The first-order chi connectivity index (χ1) is 9.43. The van der Waals surface area contributed by atoms with Gasteiger partial charge in [-0.05, 0) is 12.8 Å². The molecule has 19 heavy (non-hydrogen) atoms. The SMILES string of the molecule is CCCCCCCCCCCCCCC=CC1CO1. The lowest BCUT2D eigenvalue weighted by atomic mass is 10.0. The van der Waals surface area contributed by atoms with Crippen LogP contribution in [0.1, 0.15) is 90.4 Å². The van der Waals surface area contributed by atoms with Crippen molar-refractivity contribution in [1.29, 1.82) is 0 Å². The van der Waals surface area contributed by atoms with Crippen LogP contribution in [-0.2, 0) is 4.74 Å². The Hall–Kier alpha value is -0.300. The van der Waals surface area contributed by atoms with Crippen molar-refractivity contribution in [2.24, 2.45) is 0 Å². The quantitative estimate of drug-likeness (QED) is 0.212. The van der Waals surface area contributed by atoms with Gasteiger partial charge in [-0.2, -0.15) is 0 Å². The average molecular weight is 266 g/mol. The van der Waals surface area contributed by atoms with Crippen molar-refractivity contribution >= 4 is 0 Å². The molecule has 1 saturated heterocycles. The van der Waals surface area contributed by atoms with Crippen LogP contribution < -0.4 is 0 Å². The lowest BCUT2D eigenvalue weighted by Crippen LogP contribution is -1.82. The van der Waals surface area contributed by atoms with E-state index in [4.69, 9.17) is 4.74 Å². The standard InChI is InChI=1S/C18H34O/c1-2-3-4-5-6-7-8-9-10-11-12-13-14-15-16-18-17-19-18/h15-16,18H,2-14,17H2,1H3. The summed E-state index contributed by atoms with van der Waals surface area (Å²) in [5, 5.41) is 0. The minimum absolute atomic E-state index is 0.470. The number of hydrogen-bond acceptors (Lipinski definition) is 1.